The second-order valence-electron chi connectivity index (χ2n) is 6.71. The first-order valence-corrected chi connectivity index (χ1v) is 11.8. The van der Waals surface area contributed by atoms with E-state index < -0.39 is 16.1 Å². The van der Waals surface area contributed by atoms with Gasteiger partial charge < -0.3 is 4.74 Å². The highest BCUT2D eigenvalue weighted by Crippen LogP contribution is 2.39. The van der Waals surface area contributed by atoms with Crippen LogP contribution in [0.4, 0.5) is 0 Å². The van der Waals surface area contributed by atoms with E-state index in [0.29, 0.717) is 29.0 Å². The van der Waals surface area contributed by atoms with Crippen LogP contribution >= 0.6 is 27.5 Å². The van der Waals surface area contributed by atoms with Crippen LogP contribution in [-0.2, 0) is 10.0 Å². The molecule has 1 aliphatic rings. The average Bonchev–Trinajstić information content (AvgIpc) is 3.13. The number of aromatic nitrogens is 1. The Morgan fingerprint density at radius 3 is 2.59 bits per heavy atom. The van der Waals surface area contributed by atoms with Gasteiger partial charge in [-0.15, -0.1) is 0 Å². The van der Waals surface area contributed by atoms with Crippen molar-refractivity contribution in [3.8, 4) is 5.75 Å². The maximum atomic E-state index is 12.5. The molecular weight excluding hydrogens is 478 g/mol. The van der Waals surface area contributed by atoms with Gasteiger partial charge in [-0.1, -0.05) is 51.8 Å². The molecule has 4 rings (SSSR count). The average molecular weight is 495 g/mol. The molecule has 0 fully saturated rings. The number of fused-ring (bicyclic) bond motifs is 1. The summed E-state index contributed by atoms with van der Waals surface area (Å²) in [4.78, 5) is 4.48. The Bertz CT molecular complexity index is 1230. The Morgan fingerprint density at radius 2 is 1.93 bits per heavy atom. The number of methoxy groups -OCH3 is 1. The van der Waals surface area contributed by atoms with Crippen LogP contribution in [0.15, 0.2) is 58.1 Å². The van der Waals surface area contributed by atoms with Crippen LogP contribution in [0.3, 0.4) is 0 Å². The molecule has 0 amide bonds. The van der Waals surface area contributed by atoms with Gasteiger partial charge in [0.15, 0.2) is 0 Å². The Labute approximate surface area is 182 Å². The highest BCUT2D eigenvalue weighted by atomic mass is 79.9. The molecule has 2 aromatic carbocycles. The third-order valence-corrected chi connectivity index (χ3v) is 6.61. The number of sulfonamides is 1. The molecule has 0 N–H and O–H groups in total. The monoisotopic (exact) mass is 493 g/mol. The highest BCUT2D eigenvalue weighted by molar-refractivity contribution is 9.10. The van der Waals surface area contributed by atoms with Gasteiger partial charge in [0.1, 0.15) is 16.4 Å². The SMILES string of the molecule is COc1cccc2cc([C@@H]3CC(c4ccc(Br)cc4)=NN3S(C)(=O)=O)c(Cl)nc12. The molecule has 1 aliphatic heterocycles. The van der Waals surface area contributed by atoms with Gasteiger partial charge in [-0.05, 0) is 29.8 Å². The van der Waals surface area contributed by atoms with E-state index in [1.165, 1.54) is 0 Å². The standard InChI is InChI=1S/C20H17BrClN3O3S/c1-28-18-5-3-4-13-10-15(20(22)23-19(13)18)17-11-16(24-25(17)29(2,26)27)12-6-8-14(21)9-7-12/h3-10,17H,11H2,1-2H3/t17-/m0/s1. The largest absolute Gasteiger partial charge is 0.494 e. The van der Waals surface area contributed by atoms with Gasteiger partial charge in [0.2, 0.25) is 10.0 Å². The predicted molar refractivity (Wildman–Crippen MR) is 118 cm³/mol. The fourth-order valence-electron chi connectivity index (χ4n) is 3.41. The minimum absolute atomic E-state index is 0.230. The molecule has 3 aromatic rings. The second kappa shape index (κ2) is 7.59. The lowest BCUT2D eigenvalue weighted by Crippen LogP contribution is -2.26. The quantitative estimate of drug-likeness (QED) is 0.490. The molecule has 29 heavy (non-hydrogen) atoms. The Morgan fingerprint density at radius 1 is 1.21 bits per heavy atom. The van der Waals surface area contributed by atoms with Crippen molar-refractivity contribution in [3.63, 3.8) is 0 Å². The molecule has 0 aliphatic carbocycles. The molecule has 0 bridgehead atoms. The van der Waals surface area contributed by atoms with Crippen LogP contribution < -0.4 is 4.74 Å². The van der Waals surface area contributed by atoms with E-state index in [4.69, 9.17) is 16.3 Å². The van der Waals surface area contributed by atoms with Crippen molar-refractivity contribution in [2.45, 2.75) is 12.5 Å². The summed E-state index contributed by atoms with van der Waals surface area (Å²) in [6.07, 6.45) is 1.53. The van der Waals surface area contributed by atoms with Crippen molar-refractivity contribution in [2.24, 2.45) is 5.10 Å². The summed E-state index contributed by atoms with van der Waals surface area (Å²) in [5, 5.41) is 5.45. The van der Waals surface area contributed by atoms with Crippen molar-refractivity contribution in [2.75, 3.05) is 13.4 Å². The van der Waals surface area contributed by atoms with E-state index in [-0.39, 0.29) is 5.15 Å². The minimum Gasteiger partial charge on any atom is -0.494 e. The summed E-state index contributed by atoms with van der Waals surface area (Å²) in [6, 6.07) is 14.4. The zero-order valence-corrected chi connectivity index (χ0v) is 18.8. The molecule has 1 aromatic heterocycles. The molecular formula is C20H17BrClN3O3S. The number of ether oxygens (including phenoxy) is 1. The lowest BCUT2D eigenvalue weighted by Gasteiger charge is -2.22. The number of benzene rings is 2. The fraction of sp³-hybridized carbons (Fsp3) is 0.200. The number of hydrogen-bond donors (Lipinski definition) is 0. The van der Waals surface area contributed by atoms with Crippen LogP contribution in [-0.4, -0.2) is 36.9 Å². The number of halogens is 2. The maximum absolute atomic E-state index is 12.5. The Kier molecular flexibility index (Phi) is 5.27. The topological polar surface area (TPSA) is 71.9 Å². The molecule has 0 spiro atoms. The Hall–Kier alpha value is -2.16. The molecule has 2 heterocycles. The van der Waals surface area contributed by atoms with Crippen LogP contribution in [0.25, 0.3) is 10.9 Å². The molecule has 6 nitrogen and oxygen atoms in total. The molecule has 150 valence electrons. The maximum Gasteiger partial charge on any atom is 0.247 e. The first-order valence-electron chi connectivity index (χ1n) is 8.74. The van der Waals surface area contributed by atoms with Crippen LogP contribution in [0.5, 0.6) is 5.75 Å². The van der Waals surface area contributed by atoms with E-state index in [0.717, 1.165) is 26.1 Å². The Balaban J connectivity index is 1.81. The first-order chi connectivity index (χ1) is 13.8. The summed E-state index contributed by atoms with van der Waals surface area (Å²) in [5.41, 5.74) is 2.76. The van der Waals surface area contributed by atoms with Crippen molar-refractivity contribution >= 4 is 54.2 Å². The molecule has 0 radical (unpaired) electrons. The zero-order chi connectivity index (χ0) is 20.8. The minimum atomic E-state index is -3.61. The molecule has 0 unspecified atom stereocenters. The molecule has 1 atom stereocenters. The van der Waals surface area contributed by atoms with Gasteiger partial charge in [-0.2, -0.15) is 9.52 Å². The van der Waals surface area contributed by atoms with E-state index >= 15 is 0 Å². The predicted octanol–water partition coefficient (Wildman–Crippen LogP) is 4.77. The molecule has 0 saturated heterocycles. The van der Waals surface area contributed by atoms with Gasteiger partial charge in [0, 0.05) is 21.8 Å². The lowest BCUT2D eigenvalue weighted by atomic mass is 9.99. The first kappa shape index (κ1) is 20.1. The van der Waals surface area contributed by atoms with Crippen molar-refractivity contribution in [1.29, 1.82) is 0 Å². The van der Waals surface area contributed by atoms with Gasteiger partial charge >= 0.3 is 0 Å². The lowest BCUT2D eigenvalue weighted by molar-refractivity contribution is 0.374. The normalized spacial score (nSPS) is 16.9. The number of para-hydroxylation sites is 1. The smallest absolute Gasteiger partial charge is 0.247 e. The number of hydrazone groups is 1. The summed E-state index contributed by atoms with van der Waals surface area (Å²) < 4.78 is 32.3. The van der Waals surface area contributed by atoms with Gasteiger partial charge in [-0.25, -0.2) is 13.4 Å². The van der Waals surface area contributed by atoms with E-state index in [9.17, 15) is 8.42 Å². The third-order valence-electron chi connectivity index (χ3n) is 4.76. The summed E-state index contributed by atoms with van der Waals surface area (Å²) in [5.74, 6) is 0.606. The summed E-state index contributed by atoms with van der Waals surface area (Å²) in [6.45, 7) is 0. The van der Waals surface area contributed by atoms with Gasteiger partial charge in [0.05, 0.1) is 25.1 Å². The highest BCUT2D eigenvalue weighted by Gasteiger charge is 2.36. The summed E-state index contributed by atoms with van der Waals surface area (Å²) >= 11 is 9.91. The summed E-state index contributed by atoms with van der Waals surface area (Å²) in [7, 11) is -2.04. The van der Waals surface area contributed by atoms with Crippen molar-refractivity contribution < 1.29 is 13.2 Å². The van der Waals surface area contributed by atoms with Gasteiger partial charge in [0.25, 0.3) is 0 Å². The van der Waals surface area contributed by atoms with Crippen molar-refractivity contribution in [1.82, 2.24) is 9.40 Å². The number of rotatable bonds is 4. The van der Waals surface area contributed by atoms with E-state index in [2.05, 4.69) is 26.0 Å². The van der Waals surface area contributed by atoms with Crippen molar-refractivity contribution in [3.05, 3.63) is 69.3 Å². The second-order valence-corrected chi connectivity index (χ2v) is 9.82. The van der Waals surface area contributed by atoms with Crippen LogP contribution in [0.1, 0.15) is 23.6 Å². The van der Waals surface area contributed by atoms with Crippen LogP contribution in [0.2, 0.25) is 5.15 Å². The van der Waals surface area contributed by atoms with Crippen LogP contribution in [0, 0.1) is 0 Å². The third kappa shape index (κ3) is 3.84. The number of nitrogens with zero attached hydrogens (tertiary/aromatic N) is 3. The zero-order valence-electron chi connectivity index (χ0n) is 15.6. The van der Waals surface area contributed by atoms with E-state index in [1.807, 2.05) is 42.5 Å². The molecule has 0 saturated carbocycles. The fourth-order valence-corrected chi connectivity index (χ4v) is 4.83. The van der Waals surface area contributed by atoms with E-state index in [1.54, 1.807) is 13.2 Å². The number of pyridine rings is 1. The van der Waals surface area contributed by atoms with Gasteiger partial charge in [-0.3, -0.25) is 0 Å². The number of hydrogen-bond acceptors (Lipinski definition) is 5. The molecule has 9 heteroatoms.